The predicted molar refractivity (Wildman–Crippen MR) is 109 cm³/mol. The van der Waals surface area contributed by atoms with Crippen LogP contribution in [-0.2, 0) is 14.4 Å². The number of amides is 1. The van der Waals surface area contributed by atoms with E-state index in [0.717, 1.165) is 22.3 Å². The monoisotopic (exact) mass is 369 g/mol. The highest BCUT2D eigenvalue weighted by Crippen LogP contribution is 2.38. The van der Waals surface area contributed by atoms with Crippen molar-refractivity contribution in [3.8, 4) is 0 Å². The Morgan fingerprint density at radius 1 is 1.19 bits per heavy atom. The molecule has 0 radical (unpaired) electrons. The second kappa shape index (κ2) is 7.79. The molecule has 0 aromatic heterocycles. The Labute approximate surface area is 162 Å². The first-order chi connectivity index (χ1) is 12.5. The van der Waals surface area contributed by atoms with Gasteiger partial charge in [-0.1, -0.05) is 24.3 Å². The maximum absolute atomic E-state index is 13.0. The summed E-state index contributed by atoms with van der Waals surface area (Å²) in [5, 5.41) is 0. The summed E-state index contributed by atoms with van der Waals surface area (Å²) in [6.07, 6.45) is 4.23. The number of carbonyl (C=O) groups excluding carboxylic acids is 3. The van der Waals surface area contributed by atoms with Gasteiger partial charge in [0.2, 0.25) is 5.91 Å². The molecule has 1 fully saturated rings. The van der Waals surface area contributed by atoms with Crippen LogP contribution in [0.15, 0.2) is 18.2 Å². The molecule has 1 amide bonds. The zero-order valence-corrected chi connectivity index (χ0v) is 17.6. The molecule has 146 valence electrons. The van der Waals surface area contributed by atoms with Crippen LogP contribution in [0, 0.1) is 19.8 Å². The van der Waals surface area contributed by atoms with Gasteiger partial charge in [-0.2, -0.15) is 0 Å². The molecule has 2 unspecified atom stereocenters. The van der Waals surface area contributed by atoms with E-state index in [-0.39, 0.29) is 35.9 Å². The molecule has 4 heteroatoms. The molecule has 0 N–H and O–H groups in total. The molecule has 2 atom stereocenters. The van der Waals surface area contributed by atoms with Crippen molar-refractivity contribution in [3.05, 3.63) is 40.5 Å². The third-order valence-electron chi connectivity index (χ3n) is 5.52. The van der Waals surface area contributed by atoms with Gasteiger partial charge in [-0.3, -0.25) is 14.4 Å². The zero-order chi connectivity index (χ0) is 20.5. The lowest BCUT2D eigenvalue weighted by atomic mass is 9.86. The van der Waals surface area contributed by atoms with Crippen molar-refractivity contribution >= 4 is 23.5 Å². The summed E-state index contributed by atoms with van der Waals surface area (Å²) in [4.78, 5) is 39.9. The second-order valence-corrected chi connectivity index (χ2v) is 8.60. The minimum absolute atomic E-state index is 0.0683. The fraction of sp³-hybridized carbons (Fsp3) is 0.522. The molecular weight excluding hydrogens is 338 g/mol. The van der Waals surface area contributed by atoms with Crippen LogP contribution in [0.2, 0.25) is 0 Å². The van der Waals surface area contributed by atoms with Gasteiger partial charge in [0.25, 0.3) is 0 Å². The number of allylic oxidation sites excluding steroid dienone is 1. The molecule has 1 aliphatic rings. The maximum atomic E-state index is 13.0. The topological polar surface area (TPSA) is 54.5 Å². The predicted octanol–water partition coefficient (Wildman–Crippen LogP) is 4.23. The van der Waals surface area contributed by atoms with Gasteiger partial charge in [0.1, 0.15) is 11.7 Å². The van der Waals surface area contributed by atoms with E-state index in [4.69, 9.17) is 0 Å². The van der Waals surface area contributed by atoms with Crippen LogP contribution in [0.25, 0.3) is 6.08 Å². The van der Waals surface area contributed by atoms with Crippen LogP contribution in [0.5, 0.6) is 0 Å². The summed E-state index contributed by atoms with van der Waals surface area (Å²) in [6.45, 7) is 11.7. The lowest BCUT2D eigenvalue weighted by molar-refractivity contribution is -0.137. The molecule has 1 aliphatic carbocycles. The molecular formula is C23H31NO3. The highest BCUT2D eigenvalue weighted by molar-refractivity contribution is 6.15. The van der Waals surface area contributed by atoms with E-state index in [9.17, 15) is 14.4 Å². The molecule has 0 bridgehead atoms. The van der Waals surface area contributed by atoms with E-state index in [1.807, 2.05) is 65.8 Å². The number of hydrogen-bond acceptors (Lipinski definition) is 3. The molecule has 27 heavy (non-hydrogen) atoms. The Kier molecular flexibility index (Phi) is 6.08. The molecule has 1 aromatic rings. The minimum atomic E-state index is -0.734. The quantitative estimate of drug-likeness (QED) is 0.747. The highest BCUT2D eigenvalue weighted by Gasteiger charge is 2.44. The van der Waals surface area contributed by atoms with Gasteiger partial charge >= 0.3 is 0 Å². The highest BCUT2D eigenvalue weighted by atomic mass is 16.2. The van der Waals surface area contributed by atoms with Gasteiger partial charge in [-0.25, -0.2) is 0 Å². The molecule has 4 nitrogen and oxygen atoms in total. The number of rotatable bonds is 4. The zero-order valence-electron chi connectivity index (χ0n) is 17.6. The Morgan fingerprint density at radius 2 is 1.74 bits per heavy atom. The minimum Gasteiger partial charge on any atom is -0.341 e. The Morgan fingerprint density at radius 3 is 2.22 bits per heavy atom. The molecule has 0 heterocycles. The molecule has 0 spiro atoms. The van der Waals surface area contributed by atoms with Gasteiger partial charge in [-0.05, 0) is 63.8 Å². The van der Waals surface area contributed by atoms with Crippen LogP contribution < -0.4 is 0 Å². The van der Waals surface area contributed by atoms with Crippen molar-refractivity contribution in [2.24, 2.45) is 5.92 Å². The van der Waals surface area contributed by atoms with Crippen molar-refractivity contribution in [2.75, 3.05) is 7.05 Å². The summed E-state index contributed by atoms with van der Waals surface area (Å²) in [6, 6.07) is 4.02. The van der Waals surface area contributed by atoms with Crippen molar-refractivity contribution in [1.82, 2.24) is 4.90 Å². The van der Waals surface area contributed by atoms with E-state index < -0.39 is 11.8 Å². The van der Waals surface area contributed by atoms with Gasteiger partial charge in [-0.15, -0.1) is 0 Å². The number of ketones is 2. The summed E-state index contributed by atoms with van der Waals surface area (Å²) in [5.41, 5.74) is 3.48. The number of nitrogens with zero attached hydrogens (tertiary/aromatic N) is 1. The Bertz CT molecular complexity index is 775. The van der Waals surface area contributed by atoms with Crippen LogP contribution in [0.1, 0.15) is 68.7 Å². The number of benzene rings is 1. The van der Waals surface area contributed by atoms with Crippen LogP contribution in [0.4, 0.5) is 0 Å². The van der Waals surface area contributed by atoms with Crippen molar-refractivity contribution in [3.63, 3.8) is 0 Å². The fourth-order valence-corrected chi connectivity index (χ4v) is 3.81. The second-order valence-electron chi connectivity index (χ2n) is 8.60. The van der Waals surface area contributed by atoms with E-state index in [1.165, 1.54) is 0 Å². The summed E-state index contributed by atoms with van der Waals surface area (Å²) < 4.78 is 0. The van der Waals surface area contributed by atoms with Crippen LogP contribution in [-0.4, -0.2) is 35.0 Å². The first kappa shape index (κ1) is 21.1. The summed E-state index contributed by atoms with van der Waals surface area (Å²) >= 11 is 0. The van der Waals surface area contributed by atoms with Crippen molar-refractivity contribution in [1.29, 1.82) is 0 Å². The van der Waals surface area contributed by atoms with Crippen LogP contribution >= 0.6 is 0 Å². The first-order valence-corrected chi connectivity index (χ1v) is 9.54. The SMILES string of the molecule is C/C=C/c1cc(C)c(C2C(=O)CC(CC(=O)N(C)C(C)(C)C)C2=O)c(C)c1. The third kappa shape index (κ3) is 4.37. The van der Waals surface area contributed by atoms with Gasteiger partial charge in [0.15, 0.2) is 5.78 Å². The average Bonchev–Trinajstić information content (AvgIpc) is 2.80. The van der Waals surface area contributed by atoms with E-state index >= 15 is 0 Å². The summed E-state index contributed by atoms with van der Waals surface area (Å²) in [5.74, 6) is -1.52. The number of Topliss-reactive ketones (excluding diaryl/α,β-unsaturated/α-hetero) is 2. The number of carbonyl (C=O) groups is 3. The summed E-state index contributed by atoms with van der Waals surface area (Å²) in [7, 11) is 1.75. The van der Waals surface area contributed by atoms with Crippen molar-refractivity contribution < 1.29 is 14.4 Å². The lowest BCUT2D eigenvalue weighted by Crippen LogP contribution is -2.43. The average molecular weight is 370 g/mol. The molecule has 2 rings (SSSR count). The lowest BCUT2D eigenvalue weighted by Gasteiger charge is -2.32. The molecule has 1 aromatic carbocycles. The Balaban J connectivity index is 2.28. The van der Waals surface area contributed by atoms with E-state index in [2.05, 4.69) is 0 Å². The number of hydrogen-bond donors (Lipinski definition) is 0. The third-order valence-corrected chi connectivity index (χ3v) is 5.52. The molecule has 0 aliphatic heterocycles. The Hall–Kier alpha value is -2.23. The fourth-order valence-electron chi connectivity index (χ4n) is 3.81. The van der Waals surface area contributed by atoms with Crippen LogP contribution in [0.3, 0.4) is 0 Å². The van der Waals surface area contributed by atoms with E-state index in [1.54, 1.807) is 11.9 Å². The first-order valence-electron chi connectivity index (χ1n) is 9.54. The molecule has 1 saturated carbocycles. The van der Waals surface area contributed by atoms with Crippen molar-refractivity contribution in [2.45, 2.75) is 65.8 Å². The standard InChI is InChI=1S/C23H31NO3/c1-8-9-16-10-14(2)20(15(3)11-16)21-18(25)12-17(22(21)27)13-19(26)24(7)23(4,5)6/h8-11,17,21H,12-13H2,1-7H3/b9-8+. The normalized spacial score (nSPS) is 20.6. The molecule has 0 saturated heterocycles. The largest absolute Gasteiger partial charge is 0.341 e. The smallest absolute Gasteiger partial charge is 0.223 e. The van der Waals surface area contributed by atoms with Gasteiger partial charge in [0, 0.05) is 31.3 Å². The van der Waals surface area contributed by atoms with Gasteiger partial charge in [0.05, 0.1) is 0 Å². The number of aryl methyl sites for hydroxylation is 2. The van der Waals surface area contributed by atoms with E-state index in [0.29, 0.717) is 0 Å². The maximum Gasteiger partial charge on any atom is 0.223 e. The van der Waals surface area contributed by atoms with Gasteiger partial charge < -0.3 is 4.90 Å².